The summed E-state index contributed by atoms with van der Waals surface area (Å²) >= 11 is 0. The van der Waals surface area contributed by atoms with Gasteiger partial charge in [0.25, 0.3) is 0 Å². The van der Waals surface area contributed by atoms with Crippen LogP contribution in [0.15, 0.2) is 53.6 Å². The van der Waals surface area contributed by atoms with E-state index in [2.05, 4.69) is 17.5 Å². The van der Waals surface area contributed by atoms with Crippen LogP contribution in [-0.4, -0.2) is 18.1 Å². The van der Waals surface area contributed by atoms with Crippen molar-refractivity contribution in [3.05, 3.63) is 65.2 Å². The third-order valence-electron chi connectivity index (χ3n) is 6.29. The average Bonchev–Trinajstić information content (AvgIpc) is 2.88. The van der Waals surface area contributed by atoms with Crippen LogP contribution in [0.25, 0.3) is 0 Å². The molecule has 0 aliphatic rings. The van der Waals surface area contributed by atoms with Gasteiger partial charge in [-0.05, 0) is 55.3 Å². The standard InChI is InChI=1S/C31H44N2O3/c1-3-4-5-6-7-8-9-10-11-12-13-14-15-16-30(34)33-32-25-27-19-23-29(24-20-27)36-31(35)28-21-17-26(2)18-22-28/h17-25H,3-16H2,1-2H3,(H,33,34)/b32-25-. The number of rotatable bonds is 18. The number of hydrogen-bond donors (Lipinski definition) is 1. The highest BCUT2D eigenvalue weighted by atomic mass is 16.5. The zero-order chi connectivity index (χ0) is 25.8. The minimum atomic E-state index is -0.392. The zero-order valence-corrected chi connectivity index (χ0v) is 22.3. The van der Waals surface area contributed by atoms with Gasteiger partial charge in [-0.2, -0.15) is 5.10 Å². The number of carbonyl (C=O) groups is 2. The van der Waals surface area contributed by atoms with E-state index in [1.165, 1.54) is 70.6 Å². The zero-order valence-electron chi connectivity index (χ0n) is 22.3. The van der Waals surface area contributed by atoms with Crippen LogP contribution in [0, 0.1) is 6.92 Å². The van der Waals surface area contributed by atoms with Gasteiger partial charge in [0.05, 0.1) is 11.8 Å². The van der Waals surface area contributed by atoms with Crippen molar-refractivity contribution in [2.45, 2.75) is 104 Å². The lowest BCUT2D eigenvalue weighted by Crippen LogP contribution is -2.16. The van der Waals surface area contributed by atoms with E-state index in [1.807, 2.05) is 19.1 Å². The number of esters is 1. The number of ether oxygens (including phenoxy) is 1. The van der Waals surface area contributed by atoms with E-state index in [9.17, 15) is 9.59 Å². The Bertz CT molecular complexity index is 904. The van der Waals surface area contributed by atoms with Gasteiger partial charge in [0, 0.05) is 6.42 Å². The second kappa shape index (κ2) is 18.3. The molecule has 0 atom stereocenters. The van der Waals surface area contributed by atoms with E-state index < -0.39 is 5.97 Å². The van der Waals surface area contributed by atoms with Crippen molar-refractivity contribution in [1.29, 1.82) is 0 Å². The van der Waals surface area contributed by atoms with Gasteiger partial charge in [-0.15, -0.1) is 0 Å². The monoisotopic (exact) mass is 492 g/mol. The summed E-state index contributed by atoms with van der Waals surface area (Å²) in [5.41, 5.74) is 5.00. The van der Waals surface area contributed by atoms with Crippen LogP contribution >= 0.6 is 0 Å². The summed E-state index contributed by atoms with van der Waals surface area (Å²) in [6, 6.07) is 14.3. The number of unbranched alkanes of at least 4 members (excludes halogenated alkanes) is 12. The molecule has 196 valence electrons. The van der Waals surface area contributed by atoms with Gasteiger partial charge >= 0.3 is 5.97 Å². The summed E-state index contributed by atoms with van der Waals surface area (Å²) in [5, 5.41) is 4.04. The molecule has 5 nitrogen and oxygen atoms in total. The van der Waals surface area contributed by atoms with Crippen LogP contribution in [0.5, 0.6) is 5.75 Å². The fourth-order valence-electron chi connectivity index (χ4n) is 4.02. The van der Waals surface area contributed by atoms with E-state index >= 15 is 0 Å². The van der Waals surface area contributed by atoms with E-state index in [-0.39, 0.29) is 5.91 Å². The molecule has 0 bridgehead atoms. The molecule has 0 saturated heterocycles. The van der Waals surface area contributed by atoms with E-state index in [0.717, 1.165) is 24.0 Å². The molecule has 2 aromatic rings. The van der Waals surface area contributed by atoms with Gasteiger partial charge in [-0.1, -0.05) is 102 Å². The highest BCUT2D eigenvalue weighted by molar-refractivity contribution is 5.91. The van der Waals surface area contributed by atoms with Crippen molar-refractivity contribution < 1.29 is 14.3 Å². The molecule has 2 aromatic carbocycles. The Morgan fingerprint density at radius 3 is 1.83 bits per heavy atom. The molecular weight excluding hydrogens is 448 g/mol. The molecule has 0 fully saturated rings. The third-order valence-corrected chi connectivity index (χ3v) is 6.29. The number of aryl methyl sites for hydroxylation is 1. The Morgan fingerprint density at radius 1 is 0.750 bits per heavy atom. The van der Waals surface area contributed by atoms with Crippen LogP contribution in [0.4, 0.5) is 0 Å². The van der Waals surface area contributed by atoms with Crippen molar-refractivity contribution in [1.82, 2.24) is 5.43 Å². The average molecular weight is 493 g/mol. The third kappa shape index (κ3) is 13.2. The molecule has 0 heterocycles. The molecule has 0 spiro atoms. The Hall–Kier alpha value is -2.95. The molecule has 0 radical (unpaired) electrons. The smallest absolute Gasteiger partial charge is 0.343 e. The number of benzene rings is 2. The first kappa shape index (κ1) is 29.3. The van der Waals surface area contributed by atoms with Crippen LogP contribution in [0.3, 0.4) is 0 Å². The number of carbonyl (C=O) groups excluding carboxylic acids is 2. The first-order valence-corrected chi connectivity index (χ1v) is 13.8. The number of hydrazone groups is 1. The van der Waals surface area contributed by atoms with Gasteiger partial charge in [-0.3, -0.25) is 4.79 Å². The van der Waals surface area contributed by atoms with Crippen LogP contribution in [-0.2, 0) is 4.79 Å². The highest BCUT2D eigenvalue weighted by Crippen LogP contribution is 2.15. The fourth-order valence-corrected chi connectivity index (χ4v) is 4.02. The Labute approximate surface area is 217 Å². The molecule has 0 saturated carbocycles. The maximum atomic E-state index is 12.2. The maximum Gasteiger partial charge on any atom is 0.343 e. The molecule has 36 heavy (non-hydrogen) atoms. The van der Waals surface area contributed by atoms with Gasteiger partial charge in [0.1, 0.15) is 5.75 Å². The van der Waals surface area contributed by atoms with Crippen molar-refractivity contribution in [3.63, 3.8) is 0 Å². The van der Waals surface area contributed by atoms with E-state index in [0.29, 0.717) is 17.7 Å². The quantitative estimate of drug-likeness (QED) is 0.0750. The first-order chi connectivity index (χ1) is 17.6. The largest absolute Gasteiger partial charge is 0.423 e. The van der Waals surface area contributed by atoms with Crippen molar-refractivity contribution in [2.24, 2.45) is 5.10 Å². The highest BCUT2D eigenvalue weighted by Gasteiger charge is 2.08. The van der Waals surface area contributed by atoms with Gasteiger partial charge in [-0.25, -0.2) is 10.2 Å². The molecular formula is C31H44N2O3. The number of amides is 1. The summed E-state index contributed by atoms with van der Waals surface area (Å²) in [7, 11) is 0. The van der Waals surface area contributed by atoms with Crippen molar-refractivity contribution in [3.8, 4) is 5.75 Å². The van der Waals surface area contributed by atoms with Gasteiger partial charge in [0.15, 0.2) is 0 Å². The molecule has 1 amide bonds. The predicted octanol–water partition coefficient (Wildman–Crippen LogP) is 8.15. The molecule has 0 aliphatic carbocycles. The summed E-state index contributed by atoms with van der Waals surface area (Å²) in [5.74, 6) is 0.0130. The minimum absolute atomic E-state index is 0.0574. The van der Waals surface area contributed by atoms with Crippen molar-refractivity contribution in [2.75, 3.05) is 0 Å². The number of nitrogens with one attached hydrogen (secondary N) is 1. The second-order valence-electron chi connectivity index (χ2n) is 9.61. The van der Waals surface area contributed by atoms with Crippen LogP contribution in [0.2, 0.25) is 0 Å². The van der Waals surface area contributed by atoms with Crippen molar-refractivity contribution >= 4 is 18.1 Å². The number of hydrogen-bond acceptors (Lipinski definition) is 4. The molecule has 0 aromatic heterocycles. The Morgan fingerprint density at radius 2 is 1.28 bits per heavy atom. The lowest BCUT2D eigenvalue weighted by atomic mass is 10.0. The number of nitrogens with zero attached hydrogens (tertiary/aromatic N) is 1. The molecule has 1 N–H and O–H groups in total. The Kier molecular flexibility index (Phi) is 14.9. The molecule has 2 rings (SSSR count). The molecule has 0 aliphatic heterocycles. The lowest BCUT2D eigenvalue weighted by Gasteiger charge is -2.05. The van der Waals surface area contributed by atoms with Gasteiger partial charge in [0.2, 0.25) is 5.91 Å². The van der Waals surface area contributed by atoms with Crippen LogP contribution < -0.4 is 10.2 Å². The molecule has 0 unspecified atom stereocenters. The van der Waals surface area contributed by atoms with E-state index in [4.69, 9.17) is 4.74 Å². The lowest BCUT2D eigenvalue weighted by molar-refractivity contribution is -0.121. The van der Waals surface area contributed by atoms with E-state index in [1.54, 1.807) is 42.6 Å². The summed E-state index contributed by atoms with van der Waals surface area (Å²) < 4.78 is 5.40. The Balaban J connectivity index is 1.50. The normalized spacial score (nSPS) is 11.1. The minimum Gasteiger partial charge on any atom is -0.423 e. The maximum absolute atomic E-state index is 12.2. The topological polar surface area (TPSA) is 67.8 Å². The summed E-state index contributed by atoms with van der Waals surface area (Å²) in [6.07, 6.45) is 18.9. The predicted molar refractivity (Wildman–Crippen MR) is 149 cm³/mol. The van der Waals surface area contributed by atoms with Gasteiger partial charge < -0.3 is 4.74 Å². The second-order valence-corrected chi connectivity index (χ2v) is 9.61. The fraction of sp³-hybridized carbons (Fsp3) is 0.516. The first-order valence-electron chi connectivity index (χ1n) is 13.8. The summed E-state index contributed by atoms with van der Waals surface area (Å²) in [4.78, 5) is 24.2. The molecule has 5 heteroatoms. The SMILES string of the molecule is CCCCCCCCCCCCCCCC(=O)N/N=C\c1ccc(OC(=O)c2ccc(C)cc2)cc1. The van der Waals surface area contributed by atoms with Crippen LogP contribution in [0.1, 0.15) is 118 Å². The summed E-state index contributed by atoms with van der Waals surface area (Å²) in [6.45, 7) is 4.23.